The van der Waals surface area contributed by atoms with E-state index in [0.717, 1.165) is 0 Å². The number of aromatic nitrogens is 1. The van der Waals surface area contributed by atoms with Crippen LogP contribution in [-0.4, -0.2) is 10.9 Å². The molecule has 0 aliphatic carbocycles. The third-order valence-electron chi connectivity index (χ3n) is 2.50. The first kappa shape index (κ1) is 14.3. The smallest absolute Gasteiger partial charge is 0.257 e. The minimum absolute atomic E-state index is 0.240. The lowest BCUT2D eigenvalue weighted by Crippen LogP contribution is -2.13. The number of aryl methyl sites for hydroxylation is 1. The second-order valence-electron chi connectivity index (χ2n) is 3.82. The quantitative estimate of drug-likeness (QED) is 0.789. The van der Waals surface area contributed by atoms with E-state index >= 15 is 0 Å². The summed E-state index contributed by atoms with van der Waals surface area (Å²) < 4.78 is 0.712. The van der Waals surface area contributed by atoms with Gasteiger partial charge in [-0.15, -0.1) is 0 Å². The summed E-state index contributed by atoms with van der Waals surface area (Å²) in [5, 5.41) is 3.34. The van der Waals surface area contributed by atoms with Gasteiger partial charge in [-0.2, -0.15) is 0 Å². The van der Waals surface area contributed by atoms with Gasteiger partial charge in [-0.25, -0.2) is 4.98 Å². The Bertz CT molecular complexity index is 647. The lowest BCUT2D eigenvalue weighted by Gasteiger charge is -2.09. The number of halogens is 3. The summed E-state index contributed by atoms with van der Waals surface area (Å²) in [5.74, 6) is -0.320. The molecule has 0 spiro atoms. The van der Waals surface area contributed by atoms with Crippen LogP contribution in [0.1, 0.15) is 16.1 Å². The molecule has 0 aliphatic rings. The summed E-state index contributed by atoms with van der Waals surface area (Å²) in [6, 6.07) is 8.44. The number of anilines is 1. The predicted molar refractivity (Wildman–Crippen MR) is 81.1 cm³/mol. The van der Waals surface area contributed by atoms with Crippen LogP contribution in [0.4, 0.5) is 5.69 Å². The summed E-state index contributed by atoms with van der Waals surface area (Å²) >= 11 is 15.2. The summed E-state index contributed by atoms with van der Waals surface area (Å²) in [6.45, 7) is 1.81. The molecule has 19 heavy (non-hydrogen) atoms. The Hall–Kier alpha value is -1.10. The number of rotatable bonds is 2. The molecular weight excluding hydrogens is 351 g/mol. The number of hydrogen-bond donors (Lipinski definition) is 1. The second-order valence-corrected chi connectivity index (χ2v) is 5.42. The van der Waals surface area contributed by atoms with E-state index in [-0.39, 0.29) is 10.9 Å². The van der Waals surface area contributed by atoms with Crippen molar-refractivity contribution in [1.82, 2.24) is 4.98 Å². The Labute approximate surface area is 129 Å². The third kappa shape index (κ3) is 3.26. The molecule has 3 nitrogen and oxygen atoms in total. The number of nitrogens with zero attached hydrogens (tertiary/aromatic N) is 1. The molecule has 1 N–H and O–H groups in total. The van der Waals surface area contributed by atoms with Crippen LogP contribution in [0.3, 0.4) is 0 Å². The Morgan fingerprint density at radius 2 is 2.00 bits per heavy atom. The SMILES string of the molecule is Cc1nc(Br)ccc1NC(=O)c1cccc(Cl)c1Cl. The average Bonchev–Trinajstić information content (AvgIpc) is 2.36. The topological polar surface area (TPSA) is 42.0 Å². The fourth-order valence-corrected chi connectivity index (χ4v) is 2.32. The van der Waals surface area contributed by atoms with Gasteiger partial charge in [0.25, 0.3) is 5.91 Å². The number of amides is 1. The molecule has 98 valence electrons. The molecule has 1 aromatic heterocycles. The van der Waals surface area contributed by atoms with Gasteiger partial charge in [-0.05, 0) is 47.1 Å². The molecule has 1 amide bonds. The highest BCUT2D eigenvalue weighted by molar-refractivity contribution is 9.10. The molecule has 0 fully saturated rings. The lowest BCUT2D eigenvalue weighted by molar-refractivity contribution is 0.102. The van der Waals surface area contributed by atoms with Crippen molar-refractivity contribution in [2.24, 2.45) is 0 Å². The largest absolute Gasteiger partial charge is 0.320 e. The van der Waals surface area contributed by atoms with E-state index in [1.165, 1.54) is 0 Å². The van der Waals surface area contributed by atoms with Gasteiger partial charge in [-0.3, -0.25) is 4.79 Å². The van der Waals surface area contributed by atoms with Crippen molar-refractivity contribution >= 4 is 50.7 Å². The molecule has 0 aliphatic heterocycles. The Morgan fingerprint density at radius 3 is 2.68 bits per heavy atom. The van der Waals surface area contributed by atoms with Crippen molar-refractivity contribution < 1.29 is 4.79 Å². The highest BCUT2D eigenvalue weighted by Gasteiger charge is 2.13. The zero-order valence-electron chi connectivity index (χ0n) is 9.88. The van der Waals surface area contributed by atoms with Crippen LogP contribution >= 0.6 is 39.1 Å². The fourth-order valence-electron chi connectivity index (χ4n) is 1.53. The van der Waals surface area contributed by atoms with Crippen LogP contribution in [0.5, 0.6) is 0 Å². The van der Waals surface area contributed by atoms with Gasteiger partial charge in [0.2, 0.25) is 0 Å². The molecule has 1 aromatic carbocycles. The van der Waals surface area contributed by atoms with E-state index in [2.05, 4.69) is 26.2 Å². The molecule has 1 heterocycles. The maximum atomic E-state index is 12.1. The fraction of sp³-hybridized carbons (Fsp3) is 0.0769. The van der Waals surface area contributed by atoms with Crippen molar-refractivity contribution in [2.75, 3.05) is 5.32 Å². The van der Waals surface area contributed by atoms with Gasteiger partial charge < -0.3 is 5.32 Å². The predicted octanol–water partition coefficient (Wildman–Crippen LogP) is 4.71. The standard InChI is InChI=1S/C13H9BrCl2N2O/c1-7-10(5-6-11(14)17-7)18-13(19)8-3-2-4-9(15)12(8)16/h2-6H,1H3,(H,18,19). The van der Waals surface area contributed by atoms with E-state index in [1.807, 2.05) is 0 Å². The van der Waals surface area contributed by atoms with Gasteiger partial charge >= 0.3 is 0 Å². The number of nitrogens with one attached hydrogen (secondary N) is 1. The highest BCUT2D eigenvalue weighted by Crippen LogP contribution is 2.26. The molecule has 0 unspecified atom stereocenters. The molecule has 2 rings (SSSR count). The van der Waals surface area contributed by atoms with Crippen LogP contribution in [0, 0.1) is 6.92 Å². The van der Waals surface area contributed by atoms with Crippen LogP contribution in [-0.2, 0) is 0 Å². The molecule has 2 aromatic rings. The van der Waals surface area contributed by atoms with E-state index in [0.29, 0.717) is 26.6 Å². The molecule has 6 heteroatoms. The van der Waals surface area contributed by atoms with E-state index in [9.17, 15) is 4.79 Å². The number of hydrogen-bond acceptors (Lipinski definition) is 2. The van der Waals surface area contributed by atoms with Gasteiger partial charge in [0.15, 0.2) is 0 Å². The molecule has 0 radical (unpaired) electrons. The Morgan fingerprint density at radius 1 is 1.26 bits per heavy atom. The number of carbonyl (C=O) groups excluding carboxylic acids is 1. The van der Waals surface area contributed by atoms with E-state index < -0.39 is 0 Å². The Kier molecular flexibility index (Phi) is 4.45. The number of carbonyl (C=O) groups is 1. The summed E-state index contributed by atoms with van der Waals surface area (Å²) in [5.41, 5.74) is 1.67. The molecule has 0 bridgehead atoms. The third-order valence-corrected chi connectivity index (χ3v) is 3.76. The molecular formula is C13H9BrCl2N2O. The van der Waals surface area contributed by atoms with Gasteiger partial charge in [-0.1, -0.05) is 29.3 Å². The van der Waals surface area contributed by atoms with Crippen molar-refractivity contribution in [2.45, 2.75) is 6.92 Å². The van der Waals surface area contributed by atoms with E-state index in [4.69, 9.17) is 23.2 Å². The summed E-state index contributed by atoms with van der Waals surface area (Å²) in [6.07, 6.45) is 0. The minimum atomic E-state index is -0.320. The lowest BCUT2D eigenvalue weighted by atomic mass is 10.2. The van der Waals surface area contributed by atoms with Gasteiger partial charge in [0.05, 0.1) is 27.0 Å². The highest BCUT2D eigenvalue weighted by atomic mass is 79.9. The summed E-state index contributed by atoms with van der Waals surface area (Å²) in [4.78, 5) is 16.3. The minimum Gasteiger partial charge on any atom is -0.320 e. The molecule has 0 atom stereocenters. The van der Waals surface area contributed by atoms with Gasteiger partial charge in [0.1, 0.15) is 4.60 Å². The van der Waals surface area contributed by atoms with Crippen LogP contribution < -0.4 is 5.32 Å². The van der Waals surface area contributed by atoms with Crippen molar-refractivity contribution in [3.63, 3.8) is 0 Å². The van der Waals surface area contributed by atoms with Crippen LogP contribution in [0.15, 0.2) is 34.9 Å². The Balaban J connectivity index is 2.28. The summed E-state index contributed by atoms with van der Waals surface area (Å²) in [7, 11) is 0. The average molecular weight is 360 g/mol. The normalized spacial score (nSPS) is 10.3. The second kappa shape index (κ2) is 5.90. The number of benzene rings is 1. The molecule has 0 saturated carbocycles. The maximum absolute atomic E-state index is 12.1. The zero-order chi connectivity index (χ0) is 14.0. The molecule has 0 saturated heterocycles. The van der Waals surface area contributed by atoms with Crippen molar-refractivity contribution in [1.29, 1.82) is 0 Å². The van der Waals surface area contributed by atoms with Crippen LogP contribution in [0.2, 0.25) is 10.0 Å². The van der Waals surface area contributed by atoms with Crippen LogP contribution in [0.25, 0.3) is 0 Å². The first-order valence-corrected chi connectivity index (χ1v) is 6.92. The first-order chi connectivity index (χ1) is 8.99. The first-order valence-electron chi connectivity index (χ1n) is 5.37. The van der Waals surface area contributed by atoms with Crippen molar-refractivity contribution in [3.05, 3.63) is 56.2 Å². The monoisotopic (exact) mass is 358 g/mol. The maximum Gasteiger partial charge on any atom is 0.257 e. The van der Waals surface area contributed by atoms with Crippen molar-refractivity contribution in [3.8, 4) is 0 Å². The number of pyridine rings is 1. The zero-order valence-corrected chi connectivity index (χ0v) is 13.0. The van der Waals surface area contributed by atoms with Gasteiger partial charge in [0, 0.05) is 0 Å². The van der Waals surface area contributed by atoms with E-state index in [1.54, 1.807) is 37.3 Å².